The Morgan fingerprint density at radius 3 is 2.52 bits per heavy atom. The van der Waals surface area contributed by atoms with Gasteiger partial charge in [0.05, 0.1) is 12.6 Å². The van der Waals surface area contributed by atoms with Gasteiger partial charge >= 0.3 is 0 Å². The van der Waals surface area contributed by atoms with Crippen LogP contribution in [0.1, 0.15) is 60.9 Å². The van der Waals surface area contributed by atoms with Crippen LogP contribution in [0, 0.1) is 13.8 Å². The number of H-pyrrole nitrogens is 1. The van der Waals surface area contributed by atoms with Gasteiger partial charge in [0.1, 0.15) is 0 Å². The molecule has 1 aliphatic rings. The van der Waals surface area contributed by atoms with Crippen molar-refractivity contribution < 1.29 is 0 Å². The minimum absolute atomic E-state index is 0.0299. The summed E-state index contributed by atoms with van der Waals surface area (Å²) < 4.78 is 0. The van der Waals surface area contributed by atoms with E-state index in [4.69, 9.17) is 12.2 Å². The van der Waals surface area contributed by atoms with Gasteiger partial charge in [-0.2, -0.15) is 0 Å². The summed E-state index contributed by atoms with van der Waals surface area (Å²) in [7, 11) is 0. The lowest BCUT2D eigenvalue weighted by atomic mass is 10.0. The van der Waals surface area contributed by atoms with Crippen molar-refractivity contribution in [2.75, 3.05) is 0 Å². The lowest BCUT2D eigenvalue weighted by Gasteiger charge is -2.33. The van der Waals surface area contributed by atoms with E-state index in [9.17, 15) is 4.79 Å². The molecule has 1 atom stereocenters. The SMILES string of the molecule is Cc1cc2cc(CN(C(=S)N[C@@H](C)c3ccccc3)C3CCCC3)c(=O)[nH]c2cc1C. The van der Waals surface area contributed by atoms with E-state index in [1.807, 2.05) is 24.3 Å². The fourth-order valence-electron chi connectivity index (χ4n) is 4.50. The minimum atomic E-state index is -0.0299. The molecule has 0 aliphatic heterocycles. The number of pyridine rings is 1. The van der Waals surface area contributed by atoms with Crippen LogP contribution in [0.2, 0.25) is 0 Å². The largest absolute Gasteiger partial charge is 0.356 e. The number of nitrogens with one attached hydrogen (secondary N) is 2. The third-order valence-electron chi connectivity index (χ3n) is 6.54. The number of aryl methyl sites for hydroxylation is 2. The van der Waals surface area contributed by atoms with Crippen molar-refractivity contribution in [1.82, 2.24) is 15.2 Å². The Morgan fingerprint density at radius 2 is 1.81 bits per heavy atom. The van der Waals surface area contributed by atoms with Gasteiger partial charge in [-0.15, -0.1) is 0 Å². The van der Waals surface area contributed by atoms with E-state index in [1.54, 1.807) is 0 Å². The van der Waals surface area contributed by atoms with Gasteiger partial charge in [0, 0.05) is 17.1 Å². The quantitative estimate of drug-likeness (QED) is 0.520. The van der Waals surface area contributed by atoms with E-state index in [2.05, 4.69) is 60.2 Å². The van der Waals surface area contributed by atoms with E-state index in [0.717, 1.165) is 34.4 Å². The minimum Gasteiger partial charge on any atom is -0.356 e. The number of hydrogen-bond donors (Lipinski definition) is 2. The first kappa shape index (κ1) is 21.6. The molecule has 2 aromatic carbocycles. The second kappa shape index (κ2) is 9.23. The zero-order chi connectivity index (χ0) is 22.0. The van der Waals surface area contributed by atoms with E-state index >= 15 is 0 Å². The molecule has 1 saturated carbocycles. The van der Waals surface area contributed by atoms with Crippen molar-refractivity contribution in [3.8, 4) is 0 Å². The van der Waals surface area contributed by atoms with E-state index in [0.29, 0.717) is 12.6 Å². The summed E-state index contributed by atoms with van der Waals surface area (Å²) in [5.74, 6) is 0. The average Bonchev–Trinajstić information content (AvgIpc) is 3.28. The molecule has 0 radical (unpaired) electrons. The third-order valence-corrected chi connectivity index (χ3v) is 6.89. The van der Waals surface area contributed by atoms with Gasteiger partial charge in [0.25, 0.3) is 5.56 Å². The van der Waals surface area contributed by atoms with E-state index in [-0.39, 0.29) is 11.6 Å². The van der Waals surface area contributed by atoms with Crippen molar-refractivity contribution in [3.05, 3.63) is 81.1 Å². The number of rotatable bonds is 5. The van der Waals surface area contributed by atoms with Crippen LogP contribution in [-0.2, 0) is 6.54 Å². The van der Waals surface area contributed by atoms with E-state index < -0.39 is 0 Å². The molecule has 0 saturated heterocycles. The molecular formula is C26H31N3OS. The Morgan fingerprint density at radius 1 is 1.13 bits per heavy atom. The number of fused-ring (bicyclic) bond motifs is 1. The first-order chi connectivity index (χ1) is 14.9. The summed E-state index contributed by atoms with van der Waals surface area (Å²) in [6.07, 6.45) is 4.66. The van der Waals surface area contributed by atoms with Crippen LogP contribution in [0.4, 0.5) is 0 Å². The van der Waals surface area contributed by atoms with Crippen LogP contribution in [0.15, 0.2) is 53.3 Å². The molecule has 4 nitrogen and oxygen atoms in total. The number of nitrogens with zero attached hydrogens (tertiary/aromatic N) is 1. The van der Waals surface area contributed by atoms with Crippen LogP contribution in [-0.4, -0.2) is 21.0 Å². The number of hydrogen-bond acceptors (Lipinski definition) is 2. The highest BCUT2D eigenvalue weighted by atomic mass is 32.1. The molecule has 5 heteroatoms. The lowest BCUT2D eigenvalue weighted by molar-refractivity contribution is 0.300. The van der Waals surface area contributed by atoms with Crippen LogP contribution < -0.4 is 10.9 Å². The molecule has 1 aromatic heterocycles. The van der Waals surface area contributed by atoms with Crippen molar-refractivity contribution in [3.63, 3.8) is 0 Å². The summed E-state index contributed by atoms with van der Waals surface area (Å²) in [6, 6.07) is 17.1. The van der Waals surface area contributed by atoms with Crippen molar-refractivity contribution in [2.24, 2.45) is 0 Å². The second-order valence-corrected chi connectivity index (χ2v) is 9.18. The summed E-state index contributed by atoms with van der Waals surface area (Å²) in [6.45, 7) is 6.83. The van der Waals surface area contributed by atoms with Crippen LogP contribution in [0.3, 0.4) is 0 Å². The second-order valence-electron chi connectivity index (χ2n) is 8.80. The molecule has 0 bridgehead atoms. The van der Waals surface area contributed by atoms with Crippen molar-refractivity contribution in [1.29, 1.82) is 0 Å². The molecule has 31 heavy (non-hydrogen) atoms. The maximum atomic E-state index is 12.9. The molecule has 0 amide bonds. The van der Waals surface area contributed by atoms with Crippen LogP contribution >= 0.6 is 12.2 Å². The molecule has 1 fully saturated rings. The highest BCUT2D eigenvalue weighted by Crippen LogP contribution is 2.26. The molecule has 3 aromatic rings. The molecule has 0 spiro atoms. The first-order valence-electron chi connectivity index (χ1n) is 11.2. The number of aromatic nitrogens is 1. The molecule has 162 valence electrons. The van der Waals surface area contributed by atoms with Gasteiger partial charge in [-0.3, -0.25) is 4.79 Å². The van der Waals surface area contributed by atoms with Gasteiger partial charge in [0.2, 0.25) is 0 Å². The molecular weight excluding hydrogens is 402 g/mol. The third kappa shape index (κ3) is 4.82. The summed E-state index contributed by atoms with van der Waals surface area (Å²) in [4.78, 5) is 18.2. The average molecular weight is 434 g/mol. The first-order valence-corrected chi connectivity index (χ1v) is 11.6. The highest BCUT2D eigenvalue weighted by molar-refractivity contribution is 7.80. The molecule has 2 N–H and O–H groups in total. The number of thiocarbonyl (C=S) groups is 1. The Bertz CT molecular complexity index is 1130. The Kier molecular flexibility index (Phi) is 6.42. The number of benzene rings is 2. The normalized spacial score (nSPS) is 15.2. The predicted molar refractivity (Wildman–Crippen MR) is 132 cm³/mol. The van der Waals surface area contributed by atoms with Gasteiger partial charge in [-0.05, 0) is 86.1 Å². The summed E-state index contributed by atoms with van der Waals surface area (Å²) in [5.41, 5.74) is 5.24. The van der Waals surface area contributed by atoms with Gasteiger partial charge in [-0.1, -0.05) is 43.2 Å². The topological polar surface area (TPSA) is 48.1 Å². The predicted octanol–water partition coefficient (Wildman–Crippen LogP) is 5.53. The zero-order valence-corrected chi connectivity index (χ0v) is 19.4. The Balaban J connectivity index is 1.61. The van der Waals surface area contributed by atoms with Gasteiger partial charge in [0.15, 0.2) is 5.11 Å². The van der Waals surface area contributed by atoms with Crippen molar-refractivity contribution >= 4 is 28.2 Å². The Labute approximate surface area is 189 Å². The molecule has 1 aliphatic carbocycles. The number of aromatic amines is 1. The maximum Gasteiger partial charge on any atom is 0.253 e. The van der Waals surface area contributed by atoms with Crippen LogP contribution in [0.25, 0.3) is 10.9 Å². The van der Waals surface area contributed by atoms with Gasteiger partial charge in [-0.25, -0.2) is 0 Å². The molecule has 0 unspecified atom stereocenters. The molecule has 1 heterocycles. The maximum absolute atomic E-state index is 12.9. The van der Waals surface area contributed by atoms with Gasteiger partial charge < -0.3 is 15.2 Å². The van der Waals surface area contributed by atoms with E-state index in [1.165, 1.54) is 29.5 Å². The highest BCUT2D eigenvalue weighted by Gasteiger charge is 2.26. The fraction of sp³-hybridized carbons (Fsp3) is 0.385. The molecule has 4 rings (SSSR count). The fourth-order valence-corrected chi connectivity index (χ4v) is 4.89. The Hall–Kier alpha value is -2.66. The van der Waals surface area contributed by atoms with Crippen molar-refractivity contribution in [2.45, 2.75) is 65.1 Å². The summed E-state index contributed by atoms with van der Waals surface area (Å²) in [5, 5.41) is 5.31. The lowest BCUT2D eigenvalue weighted by Crippen LogP contribution is -2.46. The standard InChI is InChI=1S/C26H31N3OS/c1-17-13-21-15-22(25(30)28-24(21)14-18(17)2)16-29(23-11-7-8-12-23)26(31)27-19(3)20-9-5-4-6-10-20/h4-6,9-10,13-15,19,23H,7-8,11-12,16H2,1-3H3,(H,27,31)(H,28,30)/t19-/m0/s1. The monoisotopic (exact) mass is 433 g/mol. The summed E-state index contributed by atoms with van der Waals surface area (Å²) >= 11 is 5.87. The smallest absolute Gasteiger partial charge is 0.253 e. The zero-order valence-electron chi connectivity index (χ0n) is 18.6. The van der Waals surface area contributed by atoms with Crippen LogP contribution in [0.5, 0.6) is 0 Å².